The maximum atomic E-state index is 10.2. The van der Waals surface area contributed by atoms with Crippen molar-refractivity contribution in [3.8, 4) is 5.88 Å². The van der Waals surface area contributed by atoms with Gasteiger partial charge in [0.2, 0.25) is 0 Å². The molecular weight excluding hydrogens is 268 g/mol. The van der Waals surface area contributed by atoms with Crippen molar-refractivity contribution in [2.75, 3.05) is 7.11 Å². The van der Waals surface area contributed by atoms with Gasteiger partial charge in [-0.2, -0.15) is 0 Å². The van der Waals surface area contributed by atoms with Gasteiger partial charge in [-0.05, 0) is 17.3 Å². The Bertz CT molecular complexity index is 537. The Morgan fingerprint density at radius 2 is 2.00 bits per heavy atom. The third-order valence-corrected chi connectivity index (χ3v) is 2.75. The Kier molecular flexibility index (Phi) is 4.70. The van der Waals surface area contributed by atoms with Gasteiger partial charge in [0.1, 0.15) is 11.1 Å². The van der Waals surface area contributed by atoms with Crippen molar-refractivity contribution in [2.24, 2.45) is 0 Å². The molecule has 100 valence electrons. The first kappa shape index (κ1) is 13.8. The van der Waals surface area contributed by atoms with E-state index >= 15 is 0 Å². The third-order valence-electron chi connectivity index (χ3n) is 2.48. The molecule has 6 heteroatoms. The number of pyridine rings is 1. The third kappa shape index (κ3) is 3.42. The molecular formula is C13H13ClN2O3. The first-order valence-electron chi connectivity index (χ1n) is 5.55. The predicted molar refractivity (Wildman–Crippen MR) is 70.5 cm³/mol. The highest BCUT2D eigenvalue weighted by atomic mass is 35.5. The normalized spacial score (nSPS) is 12.2. The van der Waals surface area contributed by atoms with Crippen LogP contribution in [0.1, 0.15) is 17.2 Å². The molecule has 0 aliphatic rings. The van der Waals surface area contributed by atoms with Crippen LogP contribution in [0.3, 0.4) is 0 Å². The molecule has 1 atom stereocenters. The number of aliphatic hydroxyl groups excluding tert-OH is 1. The number of benzene rings is 1. The zero-order valence-electron chi connectivity index (χ0n) is 10.2. The van der Waals surface area contributed by atoms with Gasteiger partial charge in [0.15, 0.2) is 0 Å². The van der Waals surface area contributed by atoms with E-state index in [2.05, 4.69) is 15.5 Å². The molecule has 2 rings (SSSR count). The lowest BCUT2D eigenvalue weighted by atomic mass is 10.0. The summed E-state index contributed by atoms with van der Waals surface area (Å²) in [5.41, 5.74) is 3.53. The van der Waals surface area contributed by atoms with Crippen molar-refractivity contribution in [1.29, 1.82) is 0 Å². The van der Waals surface area contributed by atoms with Gasteiger partial charge in [-0.25, -0.2) is 4.98 Å². The van der Waals surface area contributed by atoms with E-state index in [1.807, 2.05) is 30.3 Å². The van der Waals surface area contributed by atoms with Gasteiger partial charge in [-0.1, -0.05) is 41.9 Å². The van der Waals surface area contributed by atoms with Crippen LogP contribution in [-0.4, -0.2) is 17.2 Å². The molecule has 1 aromatic heterocycles. The van der Waals surface area contributed by atoms with E-state index in [4.69, 9.17) is 16.4 Å². The van der Waals surface area contributed by atoms with Gasteiger partial charge in [0.25, 0.3) is 5.88 Å². The summed E-state index contributed by atoms with van der Waals surface area (Å²) >= 11 is 6.00. The molecule has 1 aromatic carbocycles. The Balaban J connectivity index is 2.20. The fraction of sp³-hybridized carbons (Fsp3) is 0.154. The molecule has 0 aliphatic carbocycles. The number of aliphatic hydroxyl groups is 1. The van der Waals surface area contributed by atoms with Crippen molar-refractivity contribution in [3.05, 3.63) is 58.7 Å². The zero-order valence-corrected chi connectivity index (χ0v) is 11.0. The summed E-state index contributed by atoms with van der Waals surface area (Å²) in [6, 6.07) is 10.8. The summed E-state index contributed by atoms with van der Waals surface area (Å²) in [6.45, 7) is 0. The molecule has 5 nitrogen and oxygen atoms in total. The van der Waals surface area contributed by atoms with Crippen LogP contribution >= 0.6 is 11.6 Å². The second kappa shape index (κ2) is 6.49. The highest BCUT2D eigenvalue weighted by Crippen LogP contribution is 2.27. The van der Waals surface area contributed by atoms with E-state index in [-0.39, 0.29) is 10.9 Å². The molecule has 0 bridgehead atoms. The maximum absolute atomic E-state index is 10.2. The second-order valence-electron chi connectivity index (χ2n) is 3.76. The number of hydrogen-bond donors (Lipinski definition) is 2. The topological polar surface area (TPSA) is 63.6 Å². The Hall–Kier alpha value is -1.66. The van der Waals surface area contributed by atoms with E-state index in [0.29, 0.717) is 5.56 Å². The molecule has 2 N–H and O–H groups in total. The number of hydrogen-bond acceptors (Lipinski definition) is 5. The Labute approximate surface area is 115 Å². The van der Waals surface area contributed by atoms with Gasteiger partial charge >= 0.3 is 0 Å². The number of rotatable bonds is 5. The molecule has 0 amide bonds. The lowest BCUT2D eigenvalue weighted by molar-refractivity contribution is -0.0822. The number of nitrogens with zero attached hydrogens (tertiary/aromatic N) is 1. The Morgan fingerprint density at radius 3 is 2.63 bits per heavy atom. The summed E-state index contributed by atoms with van der Waals surface area (Å²) in [5, 5.41) is 10.5. The summed E-state index contributed by atoms with van der Waals surface area (Å²) in [6.07, 6.45) is 0.714. The minimum atomic E-state index is -0.782. The lowest BCUT2D eigenvalue weighted by Crippen LogP contribution is -2.17. The molecule has 19 heavy (non-hydrogen) atoms. The summed E-state index contributed by atoms with van der Waals surface area (Å²) in [5.74, 6) is 0.174. The zero-order chi connectivity index (χ0) is 13.7. The summed E-state index contributed by atoms with van der Waals surface area (Å²) in [4.78, 5) is 13.5. The molecule has 0 radical (unpaired) electrons. The summed E-state index contributed by atoms with van der Waals surface area (Å²) < 4.78 is 0. The number of halogens is 1. The van der Waals surface area contributed by atoms with Crippen LogP contribution in [0.4, 0.5) is 0 Å². The SMILES string of the molecule is CONOc1ncc(C(O)c2ccccc2)cc1Cl. The average molecular weight is 281 g/mol. The fourth-order valence-electron chi connectivity index (χ4n) is 1.57. The van der Waals surface area contributed by atoms with Gasteiger partial charge in [0.05, 0.1) is 7.11 Å². The van der Waals surface area contributed by atoms with Gasteiger partial charge < -0.3 is 9.94 Å². The summed E-state index contributed by atoms with van der Waals surface area (Å²) in [7, 11) is 1.40. The standard InChI is InChI=1S/C13H13ClN2O3/c1-18-16-19-13-11(14)7-10(8-15-13)12(17)9-5-3-2-4-6-9/h2-8,12,16-17H,1H3. The van der Waals surface area contributed by atoms with Crippen LogP contribution in [0.15, 0.2) is 42.6 Å². The molecule has 2 aromatic rings. The van der Waals surface area contributed by atoms with Crippen LogP contribution in [-0.2, 0) is 4.84 Å². The van der Waals surface area contributed by atoms with Crippen molar-refractivity contribution in [2.45, 2.75) is 6.10 Å². The van der Waals surface area contributed by atoms with Gasteiger partial charge in [-0.3, -0.25) is 4.84 Å². The smallest absolute Gasteiger partial charge is 0.259 e. The maximum Gasteiger partial charge on any atom is 0.259 e. The monoisotopic (exact) mass is 280 g/mol. The molecule has 0 fully saturated rings. The first-order valence-corrected chi connectivity index (χ1v) is 5.93. The average Bonchev–Trinajstić information content (AvgIpc) is 2.46. The minimum Gasteiger partial charge on any atom is -0.384 e. The van der Waals surface area contributed by atoms with Crippen molar-refractivity contribution in [3.63, 3.8) is 0 Å². The van der Waals surface area contributed by atoms with Crippen LogP contribution in [0.2, 0.25) is 5.02 Å². The highest BCUT2D eigenvalue weighted by Gasteiger charge is 2.13. The van der Waals surface area contributed by atoms with E-state index in [9.17, 15) is 5.11 Å². The second-order valence-corrected chi connectivity index (χ2v) is 4.17. The molecule has 0 aliphatic heterocycles. The molecule has 1 unspecified atom stereocenters. The molecule has 1 heterocycles. The largest absolute Gasteiger partial charge is 0.384 e. The van der Waals surface area contributed by atoms with Gasteiger partial charge in [-0.15, -0.1) is 0 Å². The predicted octanol–water partition coefficient (Wildman–Crippen LogP) is 2.26. The van der Waals surface area contributed by atoms with Crippen LogP contribution < -0.4 is 10.5 Å². The van der Waals surface area contributed by atoms with Gasteiger partial charge in [0, 0.05) is 11.8 Å². The number of nitrogens with one attached hydrogen (secondary N) is 1. The van der Waals surface area contributed by atoms with Crippen LogP contribution in [0, 0.1) is 0 Å². The van der Waals surface area contributed by atoms with Crippen LogP contribution in [0.25, 0.3) is 0 Å². The minimum absolute atomic E-state index is 0.174. The molecule has 0 saturated heterocycles. The highest BCUT2D eigenvalue weighted by molar-refractivity contribution is 6.31. The fourth-order valence-corrected chi connectivity index (χ4v) is 1.79. The van der Waals surface area contributed by atoms with E-state index in [1.54, 1.807) is 6.07 Å². The molecule has 0 spiro atoms. The lowest BCUT2D eigenvalue weighted by Gasteiger charge is -2.12. The molecule has 0 saturated carbocycles. The Morgan fingerprint density at radius 1 is 1.26 bits per heavy atom. The number of aromatic nitrogens is 1. The van der Waals surface area contributed by atoms with E-state index < -0.39 is 6.10 Å². The van der Waals surface area contributed by atoms with Crippen LogP contribution in [0.5, 0.6) is 5.88 Å². The quantitative estimate of drug-likeness (QED) is 0.823. The van der Waals surface area contributed by atoms with Crippen molar-refractivity contribution in [1.82, 2.24) is 10.6 Å². The van der Waals surface area contributed by atoms with E-state index in [0.717, 1.165) is 5.56 Å². The first-order chi connectivity index (χ1) is 9.22. The van der Waals surface area contributed by atoms with E-state index in [1.165, 1.54) is 13.3 Å². The van der Waals surface area contributed by atoms with Crippen molar-refractivity contribution < 1.29 is 14.8 Å². The van der Waals surface area contributed by atoms with Crippen molar-refractivity contribution >= 4 is 11.6 Å².